The van der Waals surface area contributed by atoms with Crippen molar-refractivity contribution in [2.45, 2.75) is 24.4 Å². The summed E-state index contributed by atoms with van der Waals surface area (Å²) in [6, 6.07) is 3.00. The number of nitrogens with zero attached hydrogens (tertiary/aromatic N) is 1. The van der Waals surface area contributed by atoms with Crippen molar-refractivity contribution < 1.29 is 29.6 Å². The molecule has 1 fully saturated rings. The number of hydrogen-bond donors (Lipinski definition) is 3. The standard InChI is InChI=1S/C12H15NO6/c1-18-12(17)6-2-3-7(13-4-6)11-10(16)9(15)8(5-14)19-11/h2-4,8-11,14-16H,5H2,1H3/t8-,9-,10-,11-/m1/s1. The molecule has 19 heavy (non-hydrogen) atoms. The van der Waals surface area contributed by atoms with Crippen molar-refractivity contribution in [3.8, 4) is 0 Å². The fourth-order valence-electron chi connectivity index (χ4n) is 1.96. The van der Waals surface area contributed by atoms with Crippen LogP contribution in [0.2, 0.25) is 0 Å². The number of esters is 1. The number of aliphatic hydroxyl groups is 3. The predicted octanol–water partition coefficient (Wildman–Crippen LogP) is -0.978. The second kappa shape index (κ2) is 5.62. The minimum atomic E-state index is -1.17. The van der Waals surface area contributed by atoms with E-state index in [9.17, 15) is 15.0 Å². The van der Waals surface area contributed by atoms with Crippen LogP contribution < -0.4 is 0 Å². The summed E-state index contributed by atoms with van der Waals surface area (Å²) >= 11 is 0. The van der Waals surface area contributed by atoms with E-state index in [1.165, 1.54) is 25.4 Å². The van der Waals surface area contributed by atoms with Crippen molar-refractivity contribution in [2.24, 2.45) is 0 Å². The van der Waals surface area contributed by atoms with Gasteiger partial charge in [-0.1, -0.05) is 0 Å². The van der Waals surface area contributed by atoms with Gasteiger partial charge < -0.3 is 24.8 Å². The molecule has 1 aromatic rings. The predicted molar refractivity (Wildman–Crippen MR) is 62.3 cm³/mol. The highest BCUT2D eigenvalue weighted by atomic mass is 16.6. The lowest BCUT2D eigenvalue weighted by Crippen LogP contribution is -2.32. The van der Waals surface area contributed by atoms with E-state index in [1.807, 2.05) is 0 Å². The van der Waals surface area contributed by atoms with E-state index in [2.05, 4.69) is 9.72 Å². The highest BCUT2D eigenvalue weighted by Gasteiger charge is 2.43. The molecule has 3 N–H and O–H groups in total. The number of rotatable bonds is 3. The van der Waals surface area contributed by atoms with E-state index >= 15 is 0 Å². The number of hydrogen-bond acceptors (Lipinski definition) is 7. The monoisotopic (exact) mass is 269 g/mol. The summed E-state index contributed by atoms with van der Waals surface area (Å²) in [6.45, 7) is -0.394. The van der Waals surface area contributed by atoms with Crippen LogP contribution in [0.4, 0.5) is 0 Å². The number of pyridine rings is 1. The highest BCUT2D eigenvalue weighted by molar-refractivity contribution is 5.88. The molecule has 7 heteroatoms. The third-order valence-corrected chi connectivity index (χ3v) is 3.04. The molecule has 0 aromatic carbocycles. The number of aliphatic hydroxyl groups excluding tert-OH is 3. The smallest absolute Gasteiger partial charge is 0.339 e. The van der Waals surface area contributed by atoms with Gasteiger partial charge in [-0.3, -0.25) is 4.98 Å². The van der Waals surface area contributed by atoms with Gasteiger partial charge in [0.25, 0.3) is 0 Å². The van der Waals surface area contributed by atoms with Gasteiger partial charge in [0.1, 0.15) is 24.4 Å². The van der Waals surface area contributed by atoms with Crippen molar-refractivity contribution in [3.63, 3.8) is 0 Å². The summed E-state index contributed by atoms with van der Waals surface area (Å²) in [5, 5.41) is 28.4. The van der Waals surface area contributed by atoms with Crippen LogP contribution in [-0.2, 0) is 9.47 Å². The van der Waals surface area contributed by atoms with Gasteiger partial charge in [-0.25, -0.2) is 4.79 Å². The summed E-state index contributed by atoms with van der Waals surface area (Å²) in [4.78, 5) is 15.2. The maximum absolute atomic E-state index is 11.2. The molecule has 1 aromatic heterocycles. The van der Waals surface area contributed by atoms with Crippen LogP contribution in [-0.4, -0.2) is 58.3 Å². The first-order valence-electron chi connectivity index (χ1n) is 5.75. The van der Waals surface area contributed by atoms with Crippen LogP contribution in [0.3, 0.4) is 0 Å². The van der Waals surface area contributed by atoms with E-state index < -0.39 is 37.0 Å². The van der Waals surface area contributed by atoms with E-state index in [0.29, 0.717) is 5.69 Å². The Morgan fingerprint density at radius 2 is 2.16 bits per heavy atom. The maximum atomic E-state index is 11.2. The molecule has 0 saturated carbocycles. The molecule has 7 nitrogen and oxygen atoms in total. The van der Waals surface area contributed by atoms with Gasteiger partial charge in [-0.2, -0.15) is 0 Å². The van der Waals surface area contributed by atoms with Gasteiger partial charge in [0, 0.05) is 6.20 Å². The number of ether oxygens (including phenoxy) is 2. The molecule has 1 aliphatic rings. The van der Waals surface area contributed by atoms with Crippen molar-refractivity contribution in [1.82, 2.24) is 4.98 Å². The van der Waals surface area contributed by atoms with E-state index in [0.717, 1.165) is 0 Å². The minimum Gasteiger partial charge on any atom is -0.465 e. The van der Waals surface area contributed by atoms with E-state index in [4.69, 9.17) is 9.84 Å². The van der Waals surface area contributed by atoms with Gasteiger partial charge in [-0.15, -0.1) is 0 Å². The summed E-state index contributed by atoms with van der Waals surface area (Å²) in [5.41, 5.74) is 0.646. The first kappa shape index (κ1) is 13.9. The normalized spacial score (nSPS) is 30.3. The molecule has 0 unspecified atom stereocenters. The number of methoxy groups -OCH3 is 1. The molecule has 2 heterocycles. The summed E-state index contributed by atoms with van der Waals surface area (Å²) in [7, 11) is 1.27. The molecule has 0 amide bonds. The Bertz CT molecular complexity index is 448. The Morgan fingerprint density at radius 3 is 2.63 bits per heavy atom. The summed E-state index contributed by atoms with van der Waals surface area (Å²) in [6.07, 6.45) is -2.72. The second-order valence-electron chi connectivity index (χ2n) is 4.22. The Morgan fingerprint density at radius 1 is 1.42 bits per heavy atom. The molecule has 4 atom stereocenters. The summed E-state index contributed by atoms with van der Waals surface area (Å²) in [5.74, 6) is -0.514. The van der Waals surface area contributed by atoms with Crippen LogP contribution >= 0.6 is 0 Å². The van der Waals surface area contributed by atoms with E-state index in [-0.39, 0.29) is 5.56 Å². The van der Waals surface area contributed by atoms with Crippen molar-refractivity contribution >= 4 is 5.97 Å². The quantitative estimate of drug-likeness (QED) is 0.605. The Labute approximate surface area is 109 Å². The SMILES string of the molecule is COC(=O)c1ccc([C@H]2O[C@H](CO)[C@@H](O)[C@H]2O)nc1. The first-order valence-corrected chi connectivity index (χ1v) is 5.75. The molecule has 0 spiro atoms. The van der Waals surface area contributed by atoms with E-state index in [1.54, 1.807) is 0 Å². The van der Waals surface area contributed by atoms with Crippen molar-refractivity contribution in [2.75, 3.05) is 13.7 Å². The highest BCUT2D eigenvalue weighted by Crippen LogP contribution is 2.32. The average Bonchev–Trinajstić information content (AvgIpc) is 2.74. The van der Waals surface area contributed by atoms with Crippen LogP contribution in [0.5, 0.6) is 0 Å². The lowest BCUT2D eigenvalue weighted by atomic mass is 10.1. The number of carbonyl (C=O) groups excluding carboxylic acids is 1. The zero-order chi connectivity index (χ0) is 14.0. The first-order chi connectivity index (χ1) is 9.08. The lowest BCUT2D eigenvalue weighted by molar-refractivity contribution is -0.0239. The van der Waals surface area contributed by atoms with Crippen LogP contribution in [0.15, 0.2) is 18.3 Å². The largest absolute Gasteiger partial charge is 0.465 e. The van der Waals surface area contributed by atoms with Gasteiger partial charge in [0.05, 0.1) is 25.0 Å². The average molecular weight is 269 g/mol. The molecule has 1 saturated heterocycles. The molecular formula is C12H15NO6. The zero-order valence-corrected chi connectivity index (χ0v) is 10.3. The van der Waals surface area contributed by atoms with Gasteiger partial charge in [0.2, 0.25) is 0 Å². The fourth-order valence-corrected chi connectivity index (χ4v) is 1.96. The van der Waals surface area contributed by atoms with Crippen LogP contribution in [0.1, 0.15) is 22.2 Å². The fraction of sp³-hybridized carbons (Fsp3) is 0.500. The molecule has 0 radical (unpaired) electrons. The Kier molecular flexibility index (Phi) is 4.11. The van der Waals surface area contributed by atoms with Crippen LogP contribution in [0.25, 0.3) is 0 Å². The summed E-state index contributed by atoms with van der Waals surface area (Å²) < 4.78 is 9.86. The topological polar surface area (TPSA) is 109 Å². The maximum Gasteiger partial charge on any atom is 0.339 e. The molecule has 0 aliphatic carbocycles. The third-order valence-electron chi connectivity index (χ3n) is 3.04. The molecule has 1 aliphatic heterocycles. The van der Waals surface area contributed by atoms with Crippen LogP contribution in [0, 0.1) is 0 Å². The Hall–Kier alpha value is -1.54. The zero-order valence-electron chi connectivity index (χ0n) is 10.3. The van der Waals surface area contributed by atoms with Gasteiger partial charge in [-0.05, 0) is 12.1 Å². The lowest BCUT2D eigenvalue weighted by Gasteiger charge is -2.14. The molecule has 2 rings (SSSR count). The third kappa shape index (κ3) is 2.59. The second-order valence-corrected chi connectivity index (χ2v) is 4.22. The van der Waals surface area contributed by atoms with Gasteiger partial charge in [0.15, 0.2) is 0 Å². The van der Waals surface area contributed by atoms with Crippen molar-refractivity contribution in [1.29, 1.82) is 0 Å². The van der Waals surface area contributed by atoms with Gasteiger partial charge >= 0.3 is 5.97 Å². The molecular weight excluding hydrogens is 254 g/mol. The van der Waals surface area contributed by atoms with Crippen molar-refractivity contribution in [3.05, 3.63) is 29.6 Å². The molecule has 0 bridgehead atoms. The minimum absolute atomic E-state index is 0.276. The Balaban J connectivity index is 2.17. The number of carbonyl (C=O) groups is 1. The molecule has 104 valence electrons. The number of aromatic nitrogens is 1.